The number of rotatable bonds is 2. The van der Waals surface area contributed by atoms with Crippen LogP contribution in [0.15, 0.2) is 36.4 Å². The van der Waals surface area contributed by atoms with Gasteiger partial charge >= 0.3 is 0 Å². The maximum Gasteiger partial charge on any atom is 0.269 e. The summed E-state index contributed by atoms with van der Waals surface area (Å²) in [5.41, 5.74) is 2.26. The van der Waals surface area contributed by atoms with Crippen molar-refractivity contribution in [3.63, 3.8) is 0 Å². The lowest BCUT2D eigenvalue weighted by Crippen LogP contribution is -2.20. The summed E-state index contributed by atoms with van der Waals surface area (Å²) in [5, 5.41) is 10.6. The van der Waals surface area contributed by atoms with Gasteiger partial charge in [-0.2, -0.15) is 0 Å². The van der Waals surface area contributed by atoms with E-state index in [9.17, 15) is 10.1 Å². The van der Waals surface area contributed by atoms with Gasteiger partial charge in [-0.05, 0) is 37.5 Å². The predicted molar refractivity (Wildman–Crippen MR) is 64.8 cm³/mol. The molecule has 1 heterocycles. The number of hydrogen-bond acceptors (Lipinski definition) is 3. The zero-order valence-electron chi connectivity index (χ0n) is 9.76. The van der Waals surface area contributed by atoms with E-state index in [0.717, 1.165) is 18.4 Å². The van der Waals surface area contributed by atoms with Crippen molar-refractivity contribution in [3.8, 4) is 0 Å². The Morgan fingerprint density at radius 3 is 2.53 bits per heavy atom. The third-order valence-electron chi connectivity index (χ3n) is 2.92. The second kappa shape index (κ2) is 4.67. The van der Waals surface area contributed by atoms with Crippen LogP contribution in [0.3, 0.4) is 0 Å². The molecule has 0 aromatic heterocycles. The number of benzene rings is 1. The van der Waals surface area contributed by atoms with Crippen molar-refractivity contribution in [1.29, 1.82) is 0 Å². The van der Waals surface area contributed by atoms with Gasteiger partial charge in [0.1, 0.15) is 0 Å². The highest BCUT2D eigenvalue weighted by molar-refractivity contribution is 5.34. The molecule has 0 bridgehead atoms. The number of nitrogens with zero attached hydrogens (tertiary/aromatic N) is 1. The maximum absolute atomic E-state index is 10.6. The summed E-state index contributed by atoms with van der Waals surface area (Å²) in [6, 6.07) is 6.55. The van der Waals surface area contributed by atoms with Gasteiger partial charge in [0, 0.05) is 12.1 Å². The van der Waals surface area contributed by atoms with Crippen molar-refractivity contribution in [3.05, 3.63) is 52.1 Å². The maximum atomic E-state index is 10.6. The molecule has 4 heteroatoms. The molecule has 0 aliphatic carbocycles. The van der Waals surface area contributed by atoms with Gasteiger partial charge in [0.25, 0.3) is 5.69 Å². The van der Waals surface area contributed by atoms with Crippen molar-refractivity contribution >= 4 is 5.69 Å². The third kappa shape index (κ3) is 2.71. The van der Waals surface area contributed by atoms with Crippen LogP contribution in [0.1, 0.15) is 31.4 Å². The Morgan fingerprint density at radius 2 is 2.00 bits per heavy atom. The zero-order chi connectivity index (χ0) is 12.4. The predicted octanol–water partition coefficient (Wildman–Crippen LogP) is 3.39. The number of non-ortho nitro benzene ring substituents is 1. The molecule has 0 radical (unpaired) electrons. The summed E-state index contributed by atoms with van der Waals surface area (Å²) >= 11 is 0. The molecule has 0 saturated carbocycles. The molecule has 1 aromatic rings. The first kappa shape index (κ1) is 11.8. The number of nitro groups is 1. The van der Waals surface area contributed by atoms with Crippen LogP contribution in [0.4, 0.5) is 5.69 Å². The molecular formula is C13H15NO3. The fourth-order valence-electron chi connectivity index (χ4n) is 2.14. The van der Waals surface area contributed by atoms with Crippen LogP contribution < -0.4 is 0 Å². The van der Waals surface area contributed by atoms with Gasteiger partial charge in [-0.25, -0.2) is 0 Å². The van der Waals surface area contributed by atoms with Crippen LogP contribution in [0.25, 0.3) is 0 Å². The highest BCUT2D eigenvalue weighted by Gasteiger charge is 2.23. The van der Waals surface area contributed by atoms with E-state index in [1.165, 1.54) is 17.7 Å². The molecule has 17 heavy (non-hydrogen) atoms. The normalized spacial score (nSPS) is 24.6. The summed E-state index contributed by atoms with van der Waals surface area (Å²) in [7, 11) is 0. The first-order valence-corrected chi connectivity index (χ1v) is 5.62. The molecule has 2 atom stereocenters. The molecule has 1 aliphatic heterocycles. The molecule has 1 aliphatic rings. The number of nitro benzene ring substituents is 1. The molecule has 1 aromatic carbocycles. The van der Waals surface area contributed by atoms with E-state index in [1.54, 1.807) is 12.1 Å². The number of ether oxygens (including phenoxy) is 1. The Bertz CT molecular complexity index is 438. The Labute approximate surface area is 100 Å². The summed E-state index contributed by atoms with van der Waals surface area (Å²) in [6.45, 7) is 6.01. The lowest BCUT2D eigenvalue weighted by atomic mass is 9.95. The van der Waals surface area contributed by atoms with Gasteiger partial charge in [0.05, 0.1) is 17.1 Å². The van der Waals surface area contributed by atoms with Crippen LogP contribution in [0.2, 0.25) is 0 Å². The minimum Gasteiger partial charge on any atom is -0.370 e. The van der Waals surface area contributed by atoms with E-state index in [0.29, 0.717) is 0 Å². The van der Waals surface area contributed by atoms with E-state index in [-0.39, 0.29) is 17.9 Å². The highest BCUT2D eigenvalue weighted by Crippen LogP contribution is 2.34. The highest BCUT2D eigenvalue weighted by atomic mass is 16.6. The van der Waals surface area contributed by atoms with Crippen molar-refractivity contribution in [1.82, 2.24) is 0 Å². The zero-order valence-corrected chi connectivity index (χ0v) is 9.76. The van der Waals surface area contributed by atoms with Crippen molar-refractivity contribution in [2.45, 2.75) is 32.0 Å². The van der Waals surface area contributed by atoms with Crippen LogP contribution in [0, 0.1) is 10.1 Å². The summed E-state index contributed by atoms with van der Waals surface area (Å²) in [6.07, 6.45) is 1.83. The lowest BCUT2D eigenvalue weighted by molar-refractivity contribution is -0.384. The van der Waals surface area contributed by atoms with Crippen molar-refractivity contribution < 1.29 is 9.66 Å². The van der Waals surface area contributed by atoms with Crippen LogP contribution in [0.5, 0.6) is 0 Å². The van der Waals surface area contributed by atoms with E-state index >= 15 is 0 Å². The van der Waals surface area contributed by atoms with Gasteiger partial charge < -0.3 is 4.74 Å². The largest absolute Gasteiger partial charge is 0.370 e. The quantitative estimate of drug-likeness (QED) is 0.447. The molecule has 1 fully saturated rings. The smallest absolute Gasteiger partial charge is 0.269 e. The summed E-state index contributed by atoms with van der Waals surface area (Å²) in [4.78, 5) is 10.2. The molecule has 0 N–H and O–H groups in total. The molecule has 0 amide bonds. The molecule has 1 saturated heterocycles. The first-order valence-electron chi connectivity index (χ1n) is 5.62. The summed E-state index contributed by atoms with van der Waals surface area (Å²) in [5.74, 6) is 0. The van der Waals surface area contributed by atoms with Crippen LogP contribution >= 0.6 is 0 Å². The Kier molecular flexibility index (Phi) is 3.24. The third-order valence-corrected chi connectivity index (χ3v) is 2.92. The molecule has 4 nitrogen and oxygen atoms in total. The van der Waals surface area contributed by atoms with E-state index in [1.807, 2.05) is 6.92 Å². The standard InChI is InChI=1S/C13H15NO3/c1-9-7-10(2)17-13(8-9)11-3-5-12(6-4-11)14(15)16/h3-6,10,13H,1,7-8H2,2H3/t10-,13-/m1/s1. The average Bonchev–Trinajstić information content (AvgIpc) is 2.28. The molecule has 2 rings (SSSR count). The molecule has 0 unspecified atom stereocenters. The fraction of sp³-hybridized carbons (Fsp3) is 0.385. The SMILES string of the molecule is C=C1C[C@@H](C)O[C@@H](c2ccc([N+](=O)[O-])cc2)C1. The lowest BCUT2D eigenvalue weighted by Gasteiger charge is -2.29. The summed E-state index contributed by atoms with van der Waals surface area (Å²) < 4.78 is 5.81. The minimum atomic E-state index is -0.396. The van der Waals surface area contributed by atoms with E-state index in [2.05, 4.69) is 6.58 Å². The van der Waals surface area contributed by atoms with E-state index < -0.39 is 4.92 Å². The van der Waals surface area contributed by atoms with Crippen LogP contribution in [-0.4, -0.2) is 11.0 Å². The second-order valence-electron chi connectivity index (χ2n) is 4.44. The van der Waals surface area contributed by atoms with Gasteiger partial charge in [-0.3, -0.25) is 10.1 Å². The Morgan fingerprint density at radius 1 is 1.35 bits per heavy atom. The fourth-order valence-corrected chi connectivity index (χ4v) is 2.14. The molecule has 90 valence electrons. The number of hydrogen-bond donors (Lipinski definition) is 0. The van der Waals surface area contributed by atoms with Gasteiger partial charge in [-0.1, -0.05) is 12.2 Å². The van der Waals surface area contributed by atoms with Crippen LogP contribution in [-0.2, 0) is 4.74 Å². The monoisotopic (exact) mass is 233 g/mol. The topological polar surface area (TPSA) is 52.4 Å². The minimum absolute atomic E-state index is 0.0212. The molecular weight excluding hydrogens is 218 g/mol. The van der Waals surface area contributed by atoms with Gasteiger partial charge in [0.15, 0.2) is 0 Å². The first-order chi connectivity index (χ1) is 8.06. The average molecular weight is 233 g/mol. The van der Waals surface area contributed by atoms with E-state index in [4.69, 9.17) is 4.74 Å². The van der Waals surface area contributed by atoms with Gasteiger partial charge in [0.2, 0.25) is 0 Å². The van der Waals surface area contributed by atoms with Crippen molar-refractivity contribution in [2.24, 2.45) is 0 Å². The molecule has 0 spiro atoms. The Balaban J connectivity index is 2.16. The van der Waals surface area contributed by atoms with Gasteiger partial charge in [-0.15, -0.1) is 0 Å². The van der Waals surface area contributed by atoms with Crippen molar-refractivity contribution in [2.75, 3.05) is 0 Å². The Hall–Kier alpha value is -1.68. The second-order valence-corrected chi connectivity index (χ2v) is 4.44.